The molecule has 0 radical (unpaired) electrons. The van der Waals surface area contributed by atoms with E-state index in [1.807, 2.05) is 0 Å². The first-order chi connectivity index (χ1) is 6.19. The highest BCUT2D eigenvalue weighted by Crippen LogP contribution is 2.27. The largest absolute Gasteiger partial charge is 0.355 e. The minimum absolute atomic E-state index is 0.0541. The summed E-state index contributed by atoms with van der Waals surface area (Å²) in [5.74, 6) is 0.0541. The molecule has 0 aromatic heterocycles. The van der Waals surface area contributed by atoms with Gasteiger partial charge in [0.1, 0.15) is 0 Å². The Morgan fingerprint density at radius 3 is 2.62 bits per heavy atom. The smallest absolute Gasteiger partial charge is 0.240 e. The third kappa shape index (κ3) is 2.69. The number of hydrogen-bond acceptors (Lipinski definition) is 2. The summed E-state index contributed by atoms with van der Waals surface area (Å²) >= 11 is 0. The summed E-state index contributed by atoms with van der Waals surface area (Å²) in [5.41, 5.74) is 5.42. The van der Waals surface area contributed by atoms with Crippen LogP contribution in [0.5, 0.6) is 0 Å². The van der Waals surface area contributed by atoms with Crippen LogP contribution in [0.25, 0.3) is 0 Å². The average molecular weight is 184 g/mol. The number of unbranched alkanes of at least 4 members (excludes halogenated alkanes) is 1. The third-order valence-corrected chi connectivity index (χ3v) is 2.76. The van der Waals surface area contributed by atoms with E-state index in [0.29, 0.717) is 0 Å². The molecule has 0 bridgehead atoms. The van der Waals surface area contributed by atoms with Gasteiger partial charge in [-0.1, -0.05) is 26.2 Å². The lowest BCUT2D eigenvalue weighted by Crippen LogP contribution is -2.52. The van der Waals surface area contributed by atoms with Crippen LogP contribution in [0.3, 0.4) is 0 Å². The maximum absolute atomic E-state index is 11.6. The second kappa shape index (κ2) is 4.61. The first-order valence-corrected chi connectivity index (χ1v) is 5.26. The van der Waals surface area contributed by atoms with Gasteiger partial charge < -0.3 is 11.1 Å². The summed E-state index contributed by atoms with van der Waals surface area (Å²) in [6.07, 6.45) is 6.05. The van der Waals surface area contributed by atoms with Crippen molar-refractivity contribution < 1.29 is 4.79 Å². The number of nitrogens with two attached hydrogens (primary N) is 1. The van der Waals surface area contributed by atoms with Gasteiger partial charge in [0.15, 0.2) is 0 Å². The molecule has 76 valence electrons. The molecule has 0 atom stereocenters. The van der Waals surface area contributed by atoms with Gasteiger partial charge in [-0.15, -0.1) is 0 Å². The lowest BCUT2D eigenvalue weighted by molar-refractivity contribution is -0.126. The average Bonchev–Trinajstić information content (AvgIpc) is 2.54. The molecule has 13 heavy (non-hydrogen) atoms. The van der Waals surface area contributed by atoms with E-state index in [1.54, 1.807) is 0 Å². The Hall–Kier alpha value is -0.570. The van der Waals surface area contributed by atoms with E-state index < -0.39 is 5.54 Å². The Bertz CT molecular complexity index is 174. The first-order valence-electron chi connectivity index (χ1n) is 5.26. The highest BCUT2D eigenvalue weighted by Gasteiger charge is 2.36. The van der Waals surface area contributed by atoms with Crippen LogP contribution in [0.15, 0.2) is 0 Å². The normalized spacial score (nSPS) is 20.2. The highest BCUT2D eigenvalue weighted by molar-refractivity contribution is 5.86. The lowest BCUT2D eigenvalue weighted by Gasteiger charge is -2.22. The summed E-state index contributed by atoms with van der Waals surface area (Å²) in [7, 11) is 0. The van der Waals surface area contributed by atoms with E-state index in [2.05, 4.69) is 12.2 Å². The van der Waals surface area contributed by atoms with Crippen molar-refractivity contribution in [2.75, 3.05) is 6.54 Å². The van der Waals surface area contributed by atoms with Gasteiger partial charge in [-0.2, -0.15) is 0 Å². The monoisotopic (exact) mass is 184 g/mol. The van der Waals surface area contributed by atoms with Crippen molar-refractivity contribution in [1.82, 2.24) is 5.32 Å². The number of hydrogen-bond donors (Lipinski definition) is 2. The second-order valence-electron chi connectivity index (χ2n) is 3.97. The molecule has 0 unspecified atom stereocenters. The third-order valence-electron chi connectivity index (χ3n) is 2.76. The van der Waals surface area contributed by atoms with E-state index in [4.69, 9.17) is 5.73 Å². The van der Waals surface area contributed by atoms with Crippen LogP contribution in [0.4, 0.5) is 0 Å². The SMILES string of the molecule is CCCCNC(=O)C1(N)CCCC1. The van der Waals surface area contributed by atoms with Gasteiger partial charge in [0, 0.05) is 6.54 Å². The van der Waals surface area contributed by atoms with Crippen molar-refractivity contribution >= 4 is 5.91 Å². The summed E-state index contributed by atoms with van der Waals surface area (Å²) in [6, 6.07) is 0. The zero-order valence-electron chi connectivity index (χ0n) is 8.44. The highest BCUT2D eigenvalue weighted by atomic mass is 16.2. The van der Waals surface area contributed by atoms with Crippen LogP contribution in [0, 0.1) is 0 Å². The Kier molecular flexibility index (Phi) is 3.72. The molecule has 1 amide bonds. The molecule has 0 saturated heterocycles. The predicted octanol–water partition coefficient (Wildman–Crippen LogP) is 1.17. The molecular formula is C10H20N2O. The van der Waals surface area contributed by atoms with Crippen molar-refractivity contribution in [3.05, 3.63) is 0 Å². The molecule has 0 aromatic rings. The summed E-state index contributed by atoms with van der Waals surface area (Å²) in [4.78, 5) is 11.6. The van der Waals surface area contributed by atoms with Crippen LogP contribution >= 0.6 is 0 Å². The molecular weight excluding hydrogens is 164 g/mol. The Morgan fingerprint density at radius 2 is 2.08 bits per heavy atom. The molecule has 1 saturated carbocycles. The fraction of sp³-hybridized carbons (Fsp3) is 0.900. The van der Waals surface area contributed by atoms with Crippen LogP contribution in [0.2, 0.25) is 0 Å². The molecule has 3 nitrogen and oxygen atoms in total. The molecule has 0 heterocycles. The van der Waals surface area contributed by atoms with E-state index in [-0.39, 0.29) is 5.91 Å². The van der Waals surface area contributed by atoms with Crippen molar-refractivity contribution in [3.8, 4) is 0 Å². The minimum Gasteiger partial charge on any atom is -0.355 e. The standard InChI is InChI=1S/C10H20N2O/c1-2-3-8-12-9(13)10(11)6-4-5-7-10/h2-8,11H2,1H3,(H,12,13). The van der Waals surface area contributed by atoms with Crippen molar-refractivity contribution in [2.24, 2.45) is 5.73 Å². The van der Waals surface area contributed by atoms with E-state index >= 15 is 0 Å². The summed E-state index contributed by atoms with van der Waals surface area (Å²) < 4.78 is 0. The van der Waals surface area contributed by atoms with Crippen molar-refractivity contribution in [1.29, 1.82) is 0 Å². The van der Waals surface area contributed by atoms with E-state index in [9.17, 15) is 4.79 Å². The molecule has 3 N–H and O–H groups in total. The number of carbonyl (C=O) groups excluding carboxylic acids is 1. The molecule has 1 aliphatic carbocycles. The van der Waals surface area contributed by atoms with Crippen LogP contribution in [-0.4, -0.2) is 18.0 Å². The molecule has 0 spiro atoms. The maximum Gasteiger partial charge on any atom is 0.240 e. The second-order valence-corrected chi connectivity index (χ2v) is 3.97. The fourth-order valence-electron chi connectivity index (χ4n) is 1.79. The van der Waals surface area contributed by atoms with Gasteiger partial charge >= 0.3 is 0 Å². The van der Waals surface area contributed by atoms with Crippen LogP contribution in [-0.2, 0) is 4.79 Å². The predicted molar refractivity (Wildman–Crippen MR) is 53.3 cm³/mol. The number of carbonyl (C=O) groups is 1. The number of nitrogens with one attached hydrogen (secondary N) is 1. The van der Waals surface area contributed by atoms with E-state index in [1.165, 1.54) is 0 Å². The minimum atomic E-state index is -0.548. The molecule has 1 aliphatic rings. The van der Waals surface area contributed by atoms with Gasteiger partial charge in [-0.05, 0) is 19.3 Å². The topological polar surface area (TPSA) is 55.1 Å². The van der Waals surface area contributed by atoms with Gasteiger partial charge in [-0.25, -0.2) is 0 Å². The number of rotatable bonds is 4. The fourth-order valence-corrected chi connectivity index (χ4v) is 1.79. The molecule has 3 heteroatoms. The van der Waals surface area contributed by atoms with Crippen LogP contribution < -0.4 is 11.1 Å². The Morgan fingerprint density at radius 1 is 1.46 bits per heavy atom. The first kappa shape index (κ1) is 10.5. The Labute approximate surface area is 80.1 Å². The van der Waals surface area contributed by atoms with E-state index in [0.717, 1.165) is 45.1 Å². The van der Waals surface area contributed by atoms with Gasteiger partial charge in [0.2, 0.25) is 5.91 Å². The molecule has 0 aromatic carbocycles. The zero-order chi connectivity index (χ0) is 9.73. The Balaban J connectivity index is 2.29. The zero-order valence-corrected chi connectivity index (χ0v) is 8.44. The van der Waals surface area contributed by atoms with Crippen molar-refractivity contribution in [2.45, 2.75) is 51.0 Å². The van der Waals surface area contributed by atoms with Gasteiger partial charge in [0.05, 0.1) is 5.54 Å². The van der Waals surface area contributed by atoms with Crippen LogP contribution in [0.1, 0.15) is 45.4 Å². The molecule has 1 rings (SSSR count). The summed E-state index contributed by atoms with van der Waals surface area (Å²) in [6.45, 7) is 2.88. The molecule has 0 aliphatic heterocycles. The lowest BCUT2D eigenvalue weighted by atomic mass is 9.98. The quantitative estimate of drug-likeness (QED) is 0.644. The number of amides is 1. The summed E-state index contributed by atoms with van der Waals surface area (Å²) in [5, 5.41) is 2.90. The van der Waals surface area contributed by atoms with Gasteiger partial charge in [-0.3, -0.25) is 4.79 Å². The van der Waals surface area contributed by atoms with Crippen molar-refractivity contribution in [3.63, 3.8) is 0 Å². The van der Waals surface area contributed by atoms with Gasteiger partial charge in [0.25, 0.3) is 0 Å². The molecule has 1 fully saturated rings. The maximum atomic E-state index is 11.6.